The van der Waals surface area contributed by atoms with Crippen molar-refractivity contribution in [2.75, 3.05) is 5.32 Å². The van der Waals surface area contributed by atoms with Crippen molar-refractivity contribution in [1.82, 2.24) is 25.0 Å². The molecule has 0 fully saturated rings. The molecule has 25 heavy (non-hydrogen) atoms. The molecular weight excluding hydrogens is 320 g/mol. The summed E-state index contributed by atoms with van der Waals surface area (Å²) in [6, 6.07) is 5.31. The molecule has 0 aliphatic carbocycles. The minimum atomic E-state index is -0.303. The van der Waals surface area contributed by atoms with Crippen molar-refractivity contribution in [1.29, 1.82) is 0 Å². The molecule has 3 rings (SSSR count). The van der Waals surface area contributed by atoms with E-state index in [1.807, 2.05) is 49.9 Å². The quantitative estimate of drug-likeness (QED) is 0.744. The number of aryl methyl sites for hydroxylation is 3. The SMILES string of the molecule is CCc1noc(-c2ccc(C)c(NC(=O)NCc3nccn3C)c2)n1. The third-order valence-corrected chi connectivity index (χ3v) is 3.85. The molecule has 0 bridgehead atoms. The van der Waals surface area contributed by atoms with Gasteiger partial charge in [-0.2, -0.15) is 4.98 Å². The Morgan fingerprint density at radius 3 is 2.88 bits per heavy atom. The van der Waals surface area contributed by atoms with Crippen LogP contribution in [-0.4, -0.2) is 25.7 Å². The maximum atomic E-state index is 12.2. The Bertz CT molecular complexity index is 883. The number of imidazole rings is 1. The fourth-order valence-electron chi connectivity index (χ4n) is 2.30. The second-order valence-electron chi connectivity index (χ2n) is 5.66. The van der Waals surface area contributed by atoms with Crippen LogP contribution < -0.4 is 10.6 Å². The lowest BCUT2D eigenvalue weighted by Crippen LogP contribution is -2.29. The van der Waals surface area contributed by atoms with Crippen molar-refractivity contribution in [3.63, 3.8) is 0 Å². The van der Waals surface area contributed by atoms with E-state index < -0.39 is 0 Å². The molecule has 0 saturated carbocycles. The van der Waals surface area contributed by atoms with Gasteiger partial charge in [0.2, 0.25) is 0 Å². The first-order valence-electron chi connectivity index (χ1n) is 8.01. The monoisotopic (exact) mass is 340 g/mol. The standard InChI is InChI=1S/C17H20N6O2/c1-4-14-21-16(25-22-14)12-6-5-11(2)13(9-12)20-17(24)19-10-15-18-7-8-23(15)3/h5-9H,4,10H2,1-3H3,(H2,19,20,24). The number of carbonyl (C=O) groups is 1. The van der Waals surface area contributed by atoms with Gasteiger partial charge in [0.25, 0.3) is 5.89 Å². The zero-order valence-electron chi connectivity index (χ0n) is 14.4. The van der Waals surface area contributed by atoms with Crippen LogP contribution >= 0.6 is 0 Å². The minimum absolute atomic E-state index is 0.303. The molecule has 2 aromatic heterocycles. The van der Waals surface area contributed by atoms with E-state index in [9.17, 15) is 4.79 Å². The lowest BCUT2D eigenvalue weighted by atomic mass is 10.1. The van der Waals surface area contributed by atoms with E-state index >= 15 is 0 Å². The number of benzene rings is 1. The van der Waals surface area contributed by atoms with E-state index in [2.05, 4.69) is 25.8 Å². The van der Waals surface area contributed by atoms with E-state index in [-0.39, 0.29) is 6.03 Å². The molecule has 2 heterocycles. The molecule has 130 valence electrons. The number of amides is 2. The Morgan fingerprint density at radius 1 is 1.36 bits per heavy atom. The maximum absolute atomic E-state index is 12.2. The summed E-state index contributed by atoms with van der Waals surface area (Å²) in [5.41, 5.74) is 2.38. The highest BCUT2D eigenvalue weighted by Crippen LogP contribution is 2.24. The van der Waals surface area contributed by atoms with Crippen molar-refractivity contribution in [3.8, 4) is 11.5 Å². The Morgan fingerprint density at radius 2 is 2.20 bits per heavy atom. The highest BCUT2D eigenvalue weighted by molar-refractivity contribution is 5.90. The predicted octanol–water partition coefficient (Wildman–Crippen LogP) is 2.66. The zero-order valence-corrected chi connectivity index (χ0v) is 14.4. The van der Waals surface area contributed by atoms with Crippen LogP contribution in [0.15, 0.2) is 35.1 Å². The third-order valence-electron chi connectivity index (χ3n) is 3.85. The van der Waals surface area contributed by atoms with Gasteiger partial charge in [-0.1, -0.05) is 18.1 Å². The number of aromatic nitrogens is 4. The third kappa shape index (κ3) is 3.85. The van der Waals surface area contributed by atoms with Crippen molar-refractivity contribution < 1.29 is 9.32 Å². The second kappa shape index (κ2) is 7.16. The minimum Gasteiger partial charge on any atom is -0.337 e. The normalized spacial score (nSPS) is 10.7. The lowest BCUT2D eigenvalue weighted by molar-refractivity contribution is 0.251. The molecule has 0 saturated heterocycles. The predicted molar refractivity (Wildman–Crippen MR) is 92.9 cm³/mol. The number of urea groups is 1. The van der Waals surface area contributed by atoms with E-state index in [1.54, 1.807) is 6.20 Å². The smallest absolute Gasteiger partial charge is 0.319 e. The van der Waals surface area contributed by atoms with Gasteiger partial charge in [0.05, 0.1) is 6.54 Å². The summed E-state index contributed by atoms with van der Waals surface area (Å²) in [5, 5.41) is 9.53. The molecule has 3 aromatic rings. The number of carbonyl (C=O) groups excluding carboxylic acids is 1. The Kier molecular flexibility index (Phi) is 4.78. The summed E-state index contributed by atoms with van der Waals surface area (Å²) in [7, 11) is 1.88. The summed E-state index contributed by atoms with van der Waals surface area (Å²) < 4.78 is 7.10. The van der Waals surface area contributed by atoms with Crippen LogP contribution in [0.1, 0.15) is 24.1 Å². The van der Waals surface area contributed by atoms with Crippen LogP contribution in [0.2, 0.25) is 0 Å². The average molecular weight is 340 g/mol. The van der Waals surface area contributed by atoms with E-state index in [0.29, 0.717) is 30.4 Å². The molecule has 0 aliphatic heterocycles. The number of hydrogen-bond donors (Lipinski definition) is 2. The zero-order chi connectivity index (χ0) is 17.8. The van der Waals surface area contributed by atoms with E-state index in [1.165, 1.54) is 0 Å². The molecule has 0 aliphatic rings. The van der Waals surface area contributed by atoms with Crippen LogP contribution in [0.4, 0.5) is 10.5 Å². The molecule has 2 amide bonds. The van der Waals surface area contributed by atoms with Crippen molar-refractivity contribution >= 4 is 11.7 Å². The van der Waals surface area contributed by atoms with Crippen LogP contribution in [0.5, 0.6) is 0 Å². The molecule has 2 N–H and O–H groups in total. The number of nitrogens with zero attached hydrogens (tertiary/aromatic N) is 4. The van der Waals surface area contributed by atoms with Gasteiger partial charge in [0.15, 0.2) is 5.82 Å². The molecule has 8 nitrogen and oxygen atoms in total. The van der Waals surface area contributed by atoms with Gasteiger partial charge in [-0.3, -0.25) is 0 Å². The Hall–Kier alpha value is -3.16. The summed E-state index contributed by atoms with van der Waals surface area (Å²) >= 11 is 0. The van der Waals surface area contributed by atoms with Gasteiger partial charge in [-0.15, -0.1) is 0 Å². The molecule has 0 radical (unpaired) electrons. The van der Waals surface area contributed by atoms with E-state index in [4.69, 9.17) is 4.52 Å². The van der Waals surface area contributed by atoms with Crippen LogP contribution in [0.3, 0.4) is 0 Å². The van der Waals surface area contributed by atoms with Gasteiger partial charge in [-0.05, 0) is 24.6 Å². The topological polar surface area (TPSA) is 97.9 Å². The van der Waals surface area contributed by atoms with Gasteiger partial charge in [0, 0.05) is 37.1 Å². The van der Waals surface area contributed by atoms with Crippen LogP contribution in [0, 0.1) is 6.92 Å². The first-order valence-corrected chi connectivity index (χ1v) is 8.01. The first-order chi connectivity index (χ1) is 12.1. The van der Waals surface area contributed by atoms with Crippen LogP contribution in [0.25, 0.3) is 11.5 Å². The highest BCUT2D eigenvalue weighted by atomic mass is 16.5. The number of hydrogen-bond acceptors (Lipinski definition) is 5. The Balaban J connectivity index is 1.70. The highest BCUT2D eigenvalue weighted by Gasteiger charge is 2.11. The van der Waals surface area contributed by atoms with Crippen molar-refractivity contribution in [3.05, 3.63) is 47.8 Å². The molecule has 8 heteroatoms. The van der Waals surface area contributed by atoms with Gasteiger partial charge < -0.3 is 19.7 Å². The average Bonchev–Trinajstić information content (AvgIpc) is 3.24. The molecule has 1 aromatic carbocycles. The molecule has 0 atom stereocenters. The summed E-state index contributed by atoms with van der Waals surface area (Å²) in [6.45, 7) is 4.23. The fourth-order valence-corrected chi connectivity index (χ4v) is 2.30. The van der Waals surface area contributed by atoms with Crippen molar-refractivity contribution in [2.45, 2.75) is 26.8 Å². The Labute approximate surface area is 145 Å². The maximum Gasteiger partial charge on any atom is 0.319 e. The fraction of sp³-hybridized carbons (Fsp3) is 0.294. The first kappa shape index (κ1) is 16.7. The van der Waals surface area contributed by atoms with Gasteiger partial charge in [0.1, 0.15) is 5.82 Å². The van der Waals surface area contributed by atoms with Crippen LogP contribution in [-0.2, 0) is 20.0 Å². The lowest BCUT2D eigenvalue weighted by Gasteiger charge is -2.10. The molecule has 0 spiro atoms. The van der Waals surface area contributed by atoms with Gasteiger partial charge in [-0.25, -0.2) is 9.78 Å². The van der Waals surface area contributed by atoms with Gasteiger partial charge >= 0.3 is 6.03 Å². The number of nitrogens with one attached hydrogen (secondary N) is 2. The largest absolute Gasteiger partial charge is 0.337 e. The van der Waals surface area contributed by atoms with E-state index in [0.717, 1.165) is 17.0 Å². The number of anilines is 1. The second-order valence-corrected chi connectivity index (χ2v) is 5.66. The number of rotatable bonds is 5. The molecule has 0 unspecified atom stereocenters. The summed E-state index contributed by atoms with van der Waals surface area (Å²) in [6.07, 6.45) is 4.23. The van der Waals surface area contributed by atoms with Crippen molar-refractivity contribution in [2.24, 2.45) is 7.05 Å². The summed E-state index contributed by atoms with van der Waals surface area (Å²) in [5.74, 6) is 1.87. The molecular formula is C17H20N6O2. The summed E-state index contributed by atoms with van der Waals surface area (Å²) in [4.78, 5) is 20.6.